The molecular formula is C26H27F3N6O. The van der Waals surface area contributed by atoms with E-state index in [0.29, 0.717) is 67.1 Å². The number of nitrogens with one attached hydrogen (secondary N) is 1. The SMILES string of the molecule is Cc1ccnc(CN2CCc3c(cc(CN4CCCC4=N)cc3-c3cn(C)nc3C(F)(F)F)C2=O)c1. The summed E-state index contributed by atoms with van der Waals surface area (Å²) in [5.74, 6) is 0.279. The number of aromatic nitrogens is 3. The van der Waals surface area contributed by atoms with Gasteiger partial charge in [-0.25, -0.2) is 0 Å². The molecule has 36 heavy (non-hydrogen) atoms. The summed E-state index contributed by atoms with van der Waals surface area (Å²) in [4.78, 5) is 21.6. The van der Waals surface area contributed by atoms with Gasteiger partial charge in [0.2, 0.25) is 0 Å². The number of benzene rings is 1. The zero-order chi connectivity index (χ0) is 25.6. The predicted octanol–water partition coefficient (Wildman–Crippen LogP) is 4.58. The third kappa shape index (κ3) is 4.59. The van der Waals surface area contributed by atoms with Crippen molar-refractivity contribution >= 4 is 11.7 Å². The predicted molar refractivity (Wildman–Crippen MR) is 128 cm³/mol. The average molecular weight is 497 g/mol. The van der Waals surface area contributed by atoms with Crippen LogP contribution >= 0.6 is 0 Å². The molecule has 7 nitrogen and oxygen atoms in total. The van der Waals surface area contributed by atoms with Gasteiger partial charge in [-0.2, -0.15) is 18.3 Å². The number of carbonyl (C=O) groups is 1. The monoisotopic (exact) mass is 496 g/mol. The lowest BCUT2D eigenvalue weighted by Crippen LogP contribution is -2.37. The molecule has 2 aliphatic rings. The van der Waals surface area contributed by atoms with Crippen LogP contribution in [0.3, 0.4) is 0 Å². The lowest BCUT2D eigenvalue weighted by Gasteiger charge is -2.31. The molecule has 3 aromatic rings. The van der Waals surface area contributed by atoms with Gasteiger partial charge >= 0.3 is 6.18 Å². The summed E-state index contributed by atoms with van der Waals surface area (Å²) in [5, 5.41) is 11.9. The van der Waals surface area contributed by atoms with Crippen LogP contribution in [0.2, 0.25) is 0 Å². The van der Waals surface area contributed by atoms with E-state index in [9.17, 15) is 18.0 Å². The molecule has 10 heteroatoms. The van der Waals surface area contributed by atoms with Crippen LogP contribution in [0.1, 0.15) is 51.3 Å². The number of carbonyl (C=O) groups excluding carboxylic acids is 1. The van der Waals surface area contributed by atoms with Gasteiger partial charge in [0.1, 0.15) is 0 Å². The molecule has 188 valence electrons. The number of hydrogen-bond donors (Lipinski definition) is 1. The maximum Gasteiger partial charge on any atom is 0.435 e. The van der Waals surface area contributed by atoms with Gasteiger partial charge < -0.3 is 9.80 Å². The fraction of sp³-hybridized carbons (Fsp3) is 0.385. The summed E-state index contributed by atoms with van der Waals surface area (Å²) < 4.78 is 42.8. The van der Waals surface area contributed by atoms with Crippen molar-refractivity contribution in [2.24, 2.45) is 7.05 Å². The molecule has 0 aliphatic carbocycles. The van der Waals surface area contributed by atoms with Crippen molar-refractivity contribution in [3.05, 3.63) is 70.3 Å². The van der Waals surface area contributed by atoms with E-state index in [0.717, 1.165) is 22.4 Å². The molecule has 0 radical (unpaired) electrons. The highest BCUT2D eigenvalue weighted by atomic mass is 19.4. The molecule has 0 unspecified atom stereocenters. The molecule has 0 spiro atoms. The maximum absolute atomic E-state index is 13.9. The Bertz CT molecular complexity index is 1350. The number of pyridine rings is 1. The second-order valence-corrected chi connectivity index (χ2v) is 9.51. The summed E-state index contributed by atoms with van der Waals surface area (Å²) in [7, 11) is 1.46. The van der Waals surface area contributed by atoms with Crippen molar-refractivity contribution in [3.63, 3.8) is 0 Å². The molecule has 2 aromatic heterocycles. The maximum atomic E-state index is 13.9. The van der Waals surface area contributed by atoms with Crippen molar-refractivity contribution in [2.45, 2.75) is 45.5 Å². The van der Waals surface area contributed by atoms with Gasteiger partial charge in [-0.15, -0.1) is 0 Å². The van der Waals surface area contributed by atoms with E-state index in [1.807, 2.05) is 24.0 Å². The molecular weight excluding hydrogens is 469 g/mol. The molecule has 1 amide bonds. The van der Waals surface area contributed by atoms with Crippen molar-refractivity contribution in [1.29, 1.82) is 5.41 Å². The van der Waals surface area contributed by atoms with Gasteiger partial charge in [0.25, 0.3) is 5.91 Å². The first-order chi connectivity index (χ1) is 17.1. The van der Waals surface area contributed by atoms with Crippen LogP contribution in [0, 0.1) is 12.3 Å². The Morgan fingerprint density at radius 1 is 1.03 bits per heavy atom. The summed E-state index contributed by atoms with van der Waals surface area (Å²) >= 11 is 0. The minimum atomic E-state index is -4.63. The number of halogens is 3. The lowest BCUT2D eigenvalue weighted by molar-refractivity contribution is -0.140. The Morgan fingerprint density at radius 2 is 1.81 bits per heavy atom. The Hall–Kier alpha value is -3.69. The highest BCUT2D eigenvalue weighted by molar-refractivity contribution is 5.99. The Morgan fingerprint density at radius 3 is 2.50 bits per heavy atom. The number of hydrogen-bond acceptors (Lipinski definition) is 4. The molecule has 1 N–H and O–H groups in total. The molecule has 1 fully saturated rings. The van der Waals surface area contributed by atoms with E-state index in [4.69, 9.17) is 5.41 Å². The summed E-state index contributed by atoms with van der Waals surface area (Å²) in [6, 6.07) is 7.33. The van der Waals surface area contributed by atoms with Crippen LogP contribution in [-0.2, 0) is 32.7 Å². The van der Waals surface area contributed by atoms with Crippen molar-refractivity contribution in [1.82, 2.24) is 24.6 Å². The van der Waals surface area contributed by atoms with Crippen LogP contribution < -0.4 is 0 Å². The van der Waals surface area contributed by atoms with Gasteiger partial charge in [0.05, 0.1) is 18.1 Å². The van der Waals surface area contributed by atoms with Crippen LogP contribution in [0.4, 0.5) is 13.2 Å². The summed E-state index contributed by atoms with van der Waals surface area (Å²) in [6.45, 7) is 3.75. The minimum absolute atomic E-state index is 0.0267. The van der Waals surface area contributed by atoms with E-state index in [1.54, 1.807) is 23.2 Å². The second kappa shape index (κ2) is 9.07. The number of likely N-dealkylation sites (tertiary alicyclic amines) is 1. The van der Waals surface area contributed by atoms with E-state index >= 15 is 0 Å². The average Bonchev–Trinajstić information content (AvgIpc) is 3.41. The largest absolute Gasteiger partial charge is 0.435 e. The third-order valence-corrected chi connectivity index (χ3v) is 6.77. The van der Waals surface area contributed by atoms with Gasteiger partial charge in [0, 0.05) is 56.6 Å². The molecule has 4 heterocycles. The second-order valence-electron chi connectivity index (χ2n) is 9.51. The van der Waals surface area contributed by atoms with Crippen LogP contribution in [0.25, 0.3) is 11.1 Å². The first kappa shape index (κ1) is 24.0. The fourth-order valence-electron chi connectivity index (χ4n) is 5.09. The Balaban J connectivity index is 1.59. The number of amides is 1. The summed E-state index contributed by atoms with van der Waals surface area (Å²) in [5.41, 5.74) is 2.92. The molecule has 1 aromatic carbocycles. The molecule has 1 saturated heterocycles. The molecule has 0 atom stereocenters. The van der Waals surface area contributed by atoms with Gasteiger partial charge in [0.15, 0.2) is 5.69 Å². The number of fused-ring (bicyclic) bond motifs is 1. The van der Waals surface area contributed by atoms with Gasteiger partial charge in [-0.3, -0.25) is 19.9 Å². The first-order valence-electron chi connectivity index (χ1n) is 11.9. The van der Waals surface area contributed by atoms with Crippen molar-refractivity contribution in [2.75, 3.05) is 13.1 Å². The Labute approximate surface area is 207 Å². The van der Waals surface area contributed by atoms with Crippen LogP contribution in [0.15, 0.2) is 36.7 Å². The van der Waals surface area contributed by atoms with Crippen LogP contribution in [0.5, 0.6) is 0 Å². The Kier molecular flexibility index (Phi) is 6.05. The van der Waals surface area contributed by atoms with E-state index in [2.05, 4.69) is 10.1 Å². The number of nitrogens with zero attached hydrogens (tertiary/aromatic N) is 5. The van der Waals surface area contributed by atoms with E-state index in [-0.39, 0.29) is 11.5 Å². The first-order valence-corrected chi connectivity index (χ1v) is 11.9. The quantitative estimate of drug-likeness (QED) is 0.561. The van der Waals surface area contributed by atoms with E-state index in [1.165, 1.54) is 13.2 Å². The zero-order valence-electron chi connectivity index (χ0n) is 20.2. The number of amidine groups is 1. The smallest absolute Gasteiger partial charge is 0.356 e. The van der Waals surface area contributed by atoms with Crippen molar-refractivity contribution in [3.8, 4) is 11.1 Å². The standard InChI is InChI=1S/C26H27F3N6O/c1-16-5-7-31-18(10-16)14-35-9-6-19-20(22-15-33(2)32-24(22)26(27,28)29)11-17(12-21(19)25(35)36)13-34-8-3-4-23(34)30/h5,7,10-12,15,30H,3-4,6,8-9,13-14H2,1-2H3. The number of alkyl halides is 3. The van der Waals surface area contributed by atoms with Gasteiger partial charge in [-0.1, -0.05) is 0 Å². The van der Waals surface area contributed by atoms with Gasteiger partial charge in [-0.05, 0) is 66.3 Å². The summed E-state index contributed by atoms with van der Waals surface area (Å²) in [6.07, 6.45) is 0.414. The number of rotatable bonds is 5. The zero-order valence-corrected chi connectivity index (χ0v) is 20.2. The molecule has 0 saturated carbocycles. The highest BCUT2D eigenvalue weighted by Crippen LogP contribution is 2.40. The van der Waals surface area contributed by atoms with E-state index < -0.39 is 11.9 Å². The lowest BCUT2D eigenvalue weighted by atomic mass is 9.88. The fourth-order valence-corrected chi connectivity index (χ4v) is 5.09. The number of aryl methyl sites for hydroxylation is 2. The highest BCUT2D eigenvalue weighted by Gasteiger charge is 2.39. The third-order valence-electron chi connectivity index (χ3n) is 6.77. The molecule has 5 rings (SSSR count). The molecule has 0 bridgehead atoms. The van der Waals surface area contributed by atoms with Crippen LogP contribution in [-0.4, -0.2) is 49.4 Å². The molecule has 2 aliphatic heterocycles. The van der Waals surface area contributed by atoms with Crippen molar-refractivity contribution < 1.29 is 18.0 Å². The topological polar surface area (TPSA) is 78.1 Å². The minimum Gasteiger partial charge on any atom is -0.356 e. The normalized spacial score (nSPS) is 16.1.